The maximum Gasteiger partial charge on any atom is 0.261 e. The van der Waals surface area contributed by atoms with Crippen molar-refractivity contribution in [3.63, 3.8) is 0 Å². The molecular weight excluding hydrogens is 294 g/mol. The first-order valence-corrected chi connectivity index (χ1v) is 7.73. The molecule has 5 nitrogen and oxygen atoms in total. The maximum absolute atomic E-state index is 12.6. The molecule has 1 aliphatic heterocycles. The Morgan fingerprint density at radius 1 is 1.35 bits per heavy atom. The van der Waals surface area contributed by atoms with Crippen molar-refractivity contribution in [2.45, 2.75) is 39.8 Å². The summed E-state index contributed by atoms with van der Waals surface area (Å²) in [6.45, 7) is 5.71. The van der Waals surface area contributed by atoms with Crippen LogP contribution in [0.3, 0.4) is 0 Å². The molecule has 1 amide bonds. The highest BCUT2D eigenvalue weighted by atomic mass is 16.5. The van der Waals surface area contributed by atoms with Crippen LogP contribution in [0.1, 0.15) is 32.8 Å². The van der Waals surface area contributed by atoms with Crippen molar-refractivity contribution in [1.29, 1.82) is 0 Å². The highest BCUT2D eigenvalue weighted by molar-refractivity contribution is 6.26. The molecule has 23 heavy (non-hydrogen) atoms. The number of nitrogens with zero attached hydrogens (tertiary/aromatic N) is 1. The molecule has 2 rings (SSSR count). The molecule has 124 valence electrons. The highest BCUT2D eigenvalue weighted by Crippen LogP contribution is 2.29. The van der Waals surface area contributed by atoms with Gasteiger partial charge in [0.15, 0.2) is 5.78 Å². The Morgan fingerprint density at radius 2 is 2.04 bits per heavy atom. The average Bonchev–Trinajstić information content (AvgIpc) is 2.71. The fourth-order valence-electron chi connectivity index (χ4n) is 2.86. The highest BCUT2D eigenvalue weighted by Gasteiger charge is 2.44. The van der Waals surface area contributed by atoms with E-state index >= 15 is 0 Å². The van der Waals surface area contributed by atoms with Crippen molar-refractivity contribution >= 4 is 11.7 Å². The molecule has 0 aromatic heterocycles. The summed E-state index contributed by atoms with van der Waals surface area (Å²) in [7, 11) is 1.58. The number of amides is 1. The fourth-order valence-corrected chi connectivity index (χ4v) is 2.86. The zero-order valence-corrected chi connectivity index (χ0v) is 14.0. The van der Waals surface area contributed by atoms with Gasteiger partial charge in [0.25, 0.3) is 5.91 Å². The molecule has 5 heteroatoms. The van der Waals surface area contributed by atoms with Gasteiger partial charge in [-0.2, -0.15) is 0 Å². The van der Waals surface area contributed by atoms with Gasteiger partial charge >= 0.3 is 0 Å². The van der Waals surface area contributed by atoms with Gasteiger partial charge in [-0.05, 0) is 37.0 Å². The van der Waals surface area contributed by atoms with Crippen LogP contribution in [0, 0.1) is 5.92 Å². The Labute approximate surface area is 136 Å². The zero-order chi connectivity index (χ0) is 17.1. The minimum Gasteiger partial charge on any atom is -0.512 e. The summed E-state index contributed by atoms with van der Waals surface area (Å²) in [5.41, 5.74) is 0.801. The monoisotopic (exact) mass is 317 g/mol. The molecule has 0 spiro atoms. The number of rotatable bonds is 5. The number of carbonyl (C=O) groups is 2. The van der Waals surface area contributed by atoms with E-state index in [4.69, 9.17) is 4.74 Å². The SMILES string of the molecule is COc1cccc(CN2C(=O)C(=C(C)O)C(=O)C2CC(C)C)c1. The van der Waals surface area contributed by atoms with E-state index < -0.39 is 11.9 Å². The average molecular weight is 317 g/mol. The number of hydrogen-bond donors (Lipinski definition) is 1. The third-order valence-corrected chi connectivity index (χ3v) is 3.94. The van der Waals surface area contributed by atoms with E-state index in [1.54, 1.807) is 12.0 Å². The largest absolute Gasteiger partial charge is 0.512 e. The summed E-state index contributed by atoms with van der Waals surface area (Å²) < 4.78 is 5.20. The lowest BCUT2D eigenvalue weighted by Gasteiger charge is -2.24. The number of aliphatic hydroxyl groups excluding tert-OH is 1. The van der Waals surface area contributed by atoms with Crippen molar-refractivity contribution in [3.05, 3.63) is 41.2 Å². The van der Waals surface area contributed by atoms with Crippen LogP contribution in [0.5, 0.6) is 5.75 Å². The van der Waals surface area contributed by atoms with Crippen molar-refractivity contribution in [2.75, 3.05) is 7.11 Å². The van der Waals surface area contributed by atoms with Gasteiger partial charge in [-0.15, -0.1) is 0 Å². The van der Waals surface area contributed by atoms with Crippen LogP contribution < -0.4 is 4.74 Å². The molecule has 0 radical (unpaired) electrons. The van der Waals surface area contributed by atoms with Crippen LogP contribution in [0.2, 0.25) is 0 Å². The first-order chi connectivity index (χ1) is 10.8. The molecule has 1 atom stereocenters. The molecule has 1 aromatic carbocycles. The van der Waals surface area contributed by atoms with E-state index in [2.05, 4.69) is 0 Å². The van der Waals surface area contributed by atoms with Gasteiger partial charge in [-0.1, -0.05) is 26.0 Å². The minimum absolute atomic E-state index is 0.0847. The molecule has 1 unspecified atom stereocenters. The molecule has 1 saturated heterocycles. The lowest BCUT2D eigenvalue weighted by atomic mass is 9.99. The standard InChI is InChI=1S/C18H23NO4/c1-11(2)8-15-17(21)16(12(3)20)18(22)19(15)10-13-6-5-7-14(9-13)23-4/h5-7,9,11,15,20H,8,10H2,1-4H3. The Kier molecular flexibility index (Phi) is 5.08. The van der Waals surface area contributed by atoms with Crippen molar-refractivity contribution in [3.8, 4) is 5.75 Å². The number of ether oxygens (including phenoxy) is 1. The van der Waals surface area contributed by atoms with Gasteiger partial charge in [0, 0.05) is 6.54 Å². The number of likely N-dealkylation sites (tertiary alicyclic amines) is 1. The van der Waals surface area contributed by atoms with E-state index in [-0.39, 0.29) is 23.0 Å². The zero-order valence-electron chi connectivity index (χ0n) is 14.0. The normalized spacial score (nSPS) is 20.4. The van der Waals surface area contributed by atoms with Crippen LogP contribution in [0.25, 0.3) is 0 Å². The number of aliphatic hydroxyl groups is 1. The van der Waals surface area contributed by atoms with Gasteiger partial charge in [0.1, 0.15) is 17.1 Å². The second-order valence-corrected chi connectivity index (χ2v) is 6.25. The van der Waals surface area contributed by atoms with Gasteiger partial charge in [0.2, 0.25) is 0 Å². The van der Waals surface area contributed by atoms with E-state index in [1.165, 1.54) is 6.92 Å². The Morgan fingerprint density at radius 3 is 2.61 bits per heavy atom. The molecule has 0 saturated carbocycles. The fraction of sp³-hybridized carbons (Fsp3) is 0.444. The summed E-state index contributed by atoms with van der Waals surface area (Å²) in [4.78, 5) is 26.6. The van der Waals surface area contributed by atoms with Crippen LogP contribution >= 0.6 is 0 Å². The van der Waals surface area contributed by atoms with Gasteiger partial charge in [-0.3, -0.25) is 9.59 Å². The van der Waals surface area contributed by atoms with Gasteiger partial charge in [0.05, 0.1) is 13.2 Å². The summed E-state index contributed by atoms with van der Waals surface area (Å²) in [6.07, 6.45) is 0.575. The van der Waals surface area contributed by atoms with E-state index in [0.717, 1.165) is 5.56 Å². The molecule has 1 heterocycles. The summed E-state index contributed by atoms with van der Waals surface area (Å²) in [6, 6.07) is 6.89. The smallest absolute Gasteiger partial charge is 0.261 e. The number of carbonyl (C=O) groups excluding carboxylic acids is 2. The topological polar surface area (TPSA) is 66.8 Å². The first-order valence-electron chi connectivity index (χ1n) is 7.73. The van der Waals surface area contributed by atoms with E-state index in [0.29, 0.717) is 18.7 Å². The number of ketones is 1. The second kappa shape index (κ2) is 6.86. The predicted molar refractivity (Wildman–Crippen MR) is 87.1 cm³/mol. The molecule has 0 aliphatic carbocycles. The van der Waals surface area contributed by atoms with Crippen molar-refractivity contribution in [2.24, 2.45) is 5.92 Å². The van der Waals surface area contributed by atoms with Gasteiger partial charge < -0.3 is 14.7 Å². The van der Waals surface area contributed by atoms with Crippen LogP contribution in [-0.2, 0) is 16.1 Å². The number of benzene rings is 1. The number of allylic oxidation sites excluding steroid dienone is 1. The van der Waals surface area contributed by atoms with Crippen molar-refractivity contribution in [1.82, 2.24) is 4.90 Å². The number of Topliss-reactive ketones (excluding diaryl/α,β-unsaturated/α-hetero) is 1. The van der Waals surface area contributed by atoms with Crippen LogP contribution in [-0.4, -0.2) is 34.8 Å². The Bertz CT molecular complexity index is 644. The van der Waals surface area contributed by atoms with E-state index in [1.807, 2.05) is 38.1 Å². The Balaban J connectivity index is 2.34. The molecule has 0 bridgehead atoms. The summed E-state index contributed by atoms with van der Waals surface area (Å²) in [5.74, 6) is 0.0786. The molecule has 1 N–H and O–H groups in total. The number of hydrogen-bond acceptors (Lipinski definition) is 4. The van der Waals surface area contributed by atoms with Crippen molar-refractivity contribution < 1.29 is 19.4 Å². The Hall–Kier alpha value is -2.30. The lowest BCUT2D eigenvalue weighted by molar-refractivity contribution is -0.128. The van der Waals surface area contributed by atoms with E-state index in [9.17, 15) is 14.7 Å². The molecule has 1 fully saturated rings. The quantitative estimate of drug-likeness (QED) is 0.515. The summed E-state index contributed by atoms with van der Waals surface area (Å²) in [5, 5.41) is 9.70. The molecule has 1 aromatic rings. The minimum atomic E-state index is -0.522. The number of methoxy groups -OCH3 is 1. The second-order valence-electron chi connectivity index (χ2n) is 6.25. The van der Waals surface area contributed by atoms with Crippen LogP contribution in [0.4, 0.5) is 0 Å². The lowest BCUT2D eigenvalue weighted by Crippen LogP contribution is -2.36. The molecule has 1 aliphatic rings. The molecular formula is C18H23NO4. The van der Waals surface area contributed by atoms with Gasteiger partial charge in [-0.25, -0.2) is 0 Å². The summed E-state index contributed by atoms with van der Waals surface area (Å²) >= 11 is 0. The van der Waals surface area contributed by atoms with Crippen LogP contribution in [0.15, 0.2) is 35.6 Å². The maximum atomic E-state index is 12.6. The predicted octanol–water partition coefficient (Wildman–Crippen LogP) is 2.85. The third kappa shape index (κ3) is 3.55. The first kappa shape index (κ1) is 17.1. The third-order valence-electron chi connectivity index (χ3n) is 3.94.